The van der Waals surface area contributed by atoms with Gasteiger partial charge in [-0.25, -0.2) is 4.79 Å². The van der Waals surface area contributed by atoms with E-state index in [0.29, 0.717) is 17.9 Å². The van der Waals surface area contributed by atoms with E-state index in [2.05, 4.69) is 5.32 Å². The molecule has 1 aromatic rings. The molecule has 1 amide bonds. The van der Waals surface area contributed by atoms with Crippen LogP contribution in [0.15, 0.2) is 24.3 Å². The lowest BCUT2D eigenvalue weighted by Crippen LogP contribution is -2.43. The van der Waals surface area contributed by atoms with E-state index in [1.54, 1.807) is 6.07 Å². The smallest absolute Gasteiger partial charge is 0.328 e. The van der Waals surface area contributed by atoms with Crippen LogP contribution in [0.1, 0.15) is 25.8 Å². The number of rotatable bonds is 6. The van der Waals surface area contributed by atoms with Crippen LogP contribution in [-0.2, 0) is 20.7 Å². The molecule has 5 heteroatoms. The molecule has 1 atom stereocenters. The summed E-state index contributed by atoms with van der Waals surface area (Å²) < 4.78 is 4.73. The topological polar surface area (TPSA) is 55.4 Å². The Morgan fingerprint density at radius 2 is 1.95 bits per heavy atom. The Balaban J connectivity index is 2.78. The molecule has 0 unspecified atom stereocenters. The zero-order valence-electron chi connectivity index (χ0n) is 12.0. The van der Waals surface area contributed by atoms with E-state index in [4.69, 9.17) is 16.3 Å². The summed E-state index contributed by atoms with van der Waals surface area (Å²) in [4.78, 5) is 23.6. The molecule has 0 aliphatic rings. The first kappa shape index (κ1) is 16.5. The van der Waals surface area contributed by atoms with Crippen LogP contribution in [0.3, 0.4) is 0 Å². The van der Waals surface area contributed by atoms with Gasteiger partial charge in [-0.05, 0) is 17.5 Å². The molecule has 0 aliphatic heterocycles. The monoisotopic (exact) mass is 297 g/mol. The summed E-state index contributed by atoms with van der Waals surface area (Å²) in [6.07, 6.45) is 0.687. The number of halogens is 1. The second-order valence-electron chi connectivity index (χ2n) is 5.04. The minimum Gasteiger partial charge on any atom is -0.467 e. The molecule has 0 heterocycles. The van der Waals surface area contributed by atoms with Crippen LogP contribution in [0, 0.1) is 5.92 Å². The number of ether oxygens (including phenoxy) is 1. The number of hydrogen-bond acceptors (Lipinski definition) is 3. The van der Waals surface area contributed by atoms with Crippen molar-refractivity contribution in [1.82, 2.24) is 5.32 Å². The van der Waals surface area contributed by atoms with Gasteiger partial charge in [0.05, 0.1) is 7.11 Å². The Morgan fingerprint density at radius 1 is 1.30 bits per heavy atom. The molecule has 0 saturated carbocycles. The molecule has 0 aliphatic carbocycles. The highest BCUT2D eigenvalue weighted by molar-refractivity contribution is 6.31. The lowest BCUT2D eigenvalue weighted by Gasteiger charge is -2.18. The second-order valence-corrected chi connectivity index (χ2v) is 5.44. The highest BCUT2D eigenvalue weighted by Crippen LogP contribution is 2.17. The lowest BCUT2D eigenvalue weighted by molar-refractivity contribution is -0.145. The third-order valence-corrected chi connectivity index (χ3v) is 3.17. The van der Waals surface area contributed by atoms with Crippen LogP contribution < -0.4 is 5.32 Å². The third kappa shape index (κ3) is 5.21. The maximum atomic E-state index is 11.8. The number of hydrogen-bond donors (Lipinski definition) is 1. The normalized spacial score (nSPS) is 12.1. The highest BCUT2D eigenvalue weighted by Gasteiger charge is 2.23. The number of nitrogens with one attached hydrogen (secondary N) is 1. The zero-order valence-corrected chi connectivity index (χ0v) is 12.7. The van der Waals surface area contributed by atoms with Crippen molar-refractivity contribution in [3.8, 4) is 0 Å². The van der Waals surface area contributed by atoms with Gasteiger partial charge in [-0.2, -0.15) is 0 Å². The fourth-order valence-electron chi connectivity index (χ4n) is 1.84. The molecule has 0 saturated heterocycles. The van der Waals surface area contributed by atoms with Crippen molar-refractivity contribution in [1.29, 1.82) is 0 Å². The van der Waals surface area contributed by atoms with Crippen molar-refractivity contribution in [2.45, 2.75) is 32.7 Å². The van der Waals surface area contributed by atoms with Crippen LogP contribution in [0.2, 0.25) is 5.02 Å². The molecule has 20 heavy (non-hydrogen) atoms. The summed E-state index contributed by atoms with van der Waals surface area (Å²) in [5.41, 5.74) is 0.800. The van der Waals surface area contributed by atoms with E-state index >= 15 is 0 Å². The van der Waals surface area contributed by atoms with Gasteiger partial charge in [-0.3, -0.25) is 4.79 Å². The van der Waals surface area contributed by atoms with Gasteiger partial charge in [-0.15, -0.1) is 0 Å². The molecule has 4 nitrogen and oxygen atoms in total. The summed E-state index contributed by atoms with van der Waals surface area (Å²) in [6, 6.07) is 6.52. The first-order valence-electron chi connectivity index (χ1n) is 6.54. The summed E-state index contributed by atoms with van der Waals surface area (Å²) in [5.74, 6) is -0.405. The maximum Gasteiger partial charge on any atom is 0.328 e. The summed E-state index contributed by atoms with van der Waals surface area (Å²) in [7, 11) is 1.30. The highest BCUT2D eigenvalue weighted by atomic mass is 35.5. The molecule has 0 radical (unpaired) electrons. The van der Waals surface area contributed by atoms with E-state index in [-0.39, 0.29) is 11.8 Å². The molecule has 110 valence electrons. The summed E-state index contributed by atoms with van der Waals surface area (Å²) >= 11 is 6.07. The zero-order chi connectivity index (χ0) is 15.1. The van der Waals surface area contributed by atoms with Crippen molar-refractivity contribution in [2.24, 2.45) is 5.92 Å². The number of amides is 1. The maximum absolute atomic E-state index is 11.8. The summed E-state index contributed by atoms with van der Waals surface area (Å²) in [6.45, 7) is 3.89. The predicted molar refractivity (Wildman–Crippen MR) is 78.6 cm³/mol. The average molecular weight is 298 g/mol. The molecule has 0 spiro atoms. The van der Waals surface area contributed by atoms with Gasteiger partial charge in [0, 0.05) is 17.9 Å². The largest absolute Gasteiger partial charge is 0.467 e. The molecule has 0 fully saturated rings. The van der Waals surface area contributed by atoms with Crippen molar-refractivity contribution in [3.05, 3.63) is 34.9 Å². The van der Waals surface area contributed by atoms with Gasteiger partial charge in [-0.1, -0.05) is 43.6 Å². The van der Waals surface area contributed by atoms with Crippen LogP contribution in [-0.4, -0.2) is 25.0 Å². The first-order chi connectivity index (χ1) is 9.43. The van der Waals surface area contributed by atoms with E-state index in [1.165, 1.54) is 7.11 Å². The molecular weight excluding hydrogens is 278 g/mol. The van der Waals surface area contributed by atoms with Gasteiger partial charge in [0.25, 0.3) is 0 Å². The first-order valence-corrected chi connectivity index (χ1v) is 6.92. The quantitative estimate of drug-likeness (QED) is 0.821. The number of benzene rings is 1. The van der Waals surface area contributed by atoms with Gasteiger partial charge < -0.3 is 10.1 Å². The number of carbonyl (C=O) groups excluding carboxylic acids is 2. The minimum absolute atomic E-state index is 0.164. The Labute approximate surface area is 124 Å². The van der Waals surface area contributed by atoms with E-state index in [0.717, 1.165) is 5.56 Å². The van der Waals surface area contributed by atoms with Crippen molar-refractivity contribution in [3.63, 3.8) is 0 Å². The van der Waals surface area contributed by atoms with Crippen LogP contribution >= 0.6 is 11.6 Å². The van der Waals surface area contributed by atoms with Gasteiger partial charge in [0.2, 0.25) is 5.91 Å². The summed E-state index contributed by atoms with van der Waals surface area (Å²) in [5, 5.41) is 3.27. The van der Waals surface area contributed by atoms with Crippen molar-refractivity contribution < 1.29 is 14.3 Å². The standard InChI is InChI=1S/C15H20ClNO3/c1-10(2)8-14(18)17-13(15(19)20-3)9-11-6-4-5-7-12(11)16/h4-7,10,13H,8-9H2,1-3H3,(H,17,18)/t13-/m1/s1. The Hall–Kier alpha value is -1.55. The fraction of sp³-hybridized carbons (Fsp3) is 0.467. The van der Waals surface area contributed by atoms with Crippen LogP contribution in [0.4, 0.5) is 0 Å². The number of carbonyl (C=O) groups is 2. The molecule has 1 N–H and O–H groups in total. The van der Waals surface area contributed by atoms with E-state index in [9.17, 15) is 9.59 Å². The van der Waals surface area contributed by atoms with Gasteiger partial charge in [0.1, 0.15) is 6.04 Å². The number of methoxy groups -OCH3 is 1. The van der Waals surface area contributed by atoms with Crippen molar-refractivity contribution in [2.75, 3.05) is 7.11 Å². The van der Waals surface area contributed by atoms with Crippen LogP contribution in [0.5, 0.6) is 0 Å². The van der Waals surface area contributed by atoms with Gasteiger partial charge in [0.15, 0.2) is 0 Å². The second kappa shape index (κ2) is 7.90. The Morgan fingerprint density at radius 3 is 2.50 bits per heavy atom. The van der Waals surface area contributed by atoms with E-state index in [1.807, 2.05) is 32.0 Å². The number of esters is 1. The molecule has 0 aromatic heterocycles. The van der Waals surface area contributed by atoms with E-state index < -0.39 is 12.0 Å². The average Bonchev–Trinajstić information content (AvgIpc) is 2.38. The Bertz CT molecular complexity index is 474. The van der Waals surface area contributed by atoms with Crippen molar-refractivity contribution >= 4 is 23.5 Å². The Kier molecular flexibility index (Phi) is 6.52. The molecule has 1 aromatic carbocycles. The minimum atomic E-state index is -0.717. The predicted octanol–water partition coefficient (Wildman–Crippen LogP) is 2.59. The van der Waals surface area contributed by atoms with Crippen LogP contribution in [0.25, 0.3) is 0 Å². The molecule has 1 rings (SSSR count). The third-order valence-electron chi connectivity index (χ3n) is 2.80. The molecule has 0 bridgehead atoms. The molecular formula is C15H20ClNO3. The SMILES string of the molecule is COC(=O)[C@@H](Cc1ccccc1Cl)NC(=O)CC(C)C. The fourth-order valence-corrected chi connectivity index (χ4v) is 2.06. The van der Waals surface area contributed by atoms with Gasteiger partial charge >= 0.3 is 5.97 Å². The lowest BCUT2D eigenvalue weighted by atomic mass is 10.0.